The van der Waals surface area contributed by atoms with Gasteiger partial charge in [-0.1, -0.05) is 48.8 Å². The molecule has 2 heterocycles. The topological polar surface area (TPSA) is 98.2 Å². The zero-order chi connectivity index (χ0) is 29.8. The van der Waals surface area contributed by atoms with Gasteiger partial charge in [-0.15, -0.1) is 0 Å². The van der Waals surface area contributed by atoms with Gasteiger partial charge in [-0.25, -0.2) is 4.98 Å². The predicted molar refractivity (Wildman–Crippen MR) is 165 cm³/mol. The van der Waals surface area contributed by atoms with Crippen LogP contribution in [0.25, 0.3) is 16.0 Å². The molecular formula is C32H31ClN2O6S. The number of hydrogen-bond acceptors (Lipinski definition) is 8. The monoisotopic (exact) mass is 606 g/mol. The summed E-state index contributed by atoms with van der Waals surface area (Å²) in [6.45, 7) is 4.93. The molecule has 1 fully saturated rings. The molecule has 1 amide bonds. The minimum atomic E-state index is -0.975. The van der Waals surface area contributed by atoms with Gasteiger partial charge < -0.3 is 19.3 Å². The lowest BCUT2D eigenvalue weighted by Gasteiger charge is -2.24. The molecule has 0 saturated carbocycles. The number of nitrogens with zero attached hydrogens (tertiary/aromatic N) is 2. The maximum atomic E-state index is 13.7. The zero-order valence-corrected chi connectivity index (χ0v) is 25.1. The van der Waals surface area contributed by atoms with Gasteiger partial charge in [0.1, 0.15) is 11.5 Å². The zero-order valence-electron chi connectivity index (χ0n) is 23.6. The van der Waals surface area contributed by atoms with Crippen LogP contribution < -0.4 is 19.1 Å². The van der Waals surface area contributed by atoms with Gasteiger partial charge in [-0.3, -0.25) is 14.5 Å². The number of rotatable bonds is 11. The fraction of sp³-hybridized carbons (Fsp3) is 0.281. The van der Waals surface area contributed by atoms with Crippen molar-refractivity contribution in [2.75, 3.05) is 25.2 Å². The summed E-state index contributed by atoms with van der Waals surface area (Å²) in [5.41, 5.74) is 1.52. The molecular weight excluding hydrogens is 576 g/mol. The number of anilines is 1. The highest BCUT2D eigenvalue weighted by atomic mass is 35.5. The molecule has 4 aromatic rings. The summed E-state index contributed by atoms with van der Waals surface area (Å²) in [5, 5.41) is 12.3. The summed E-state index contributed by atoms with van der Waals surface area (Å²) in [7, 11) is 1.54. The Morgan fingerprint density at radius 1 is 1.00 bits per heavy atom. The summed E-state index contributed by atoms with van der Waals surface area (Å²) in [6, 6.07) is 16.2. The molecule has 0 bridgehead atoms. The second kappa shape index (κ2) is 12.8. The van der Waals surface area contributed by atoms with Crippen LogP contribution in [0.4, 0.5) is 5.13 Å². The highest BCUT2D eigenvalue weighted by Crippen LogP contribution is 2.46. The minimum Gasteiger partial charge on any atom is -0.507 e. The second-order valence-electron chi connectivity index (χ2n) is 9.70. The van der Waals surface area contributed by atoms with Gasteiger partial charge in [0.15, 0.2) is 16.6 Å². The van der Waals surface area contributed by atoms with Gasteiger partial charge in [0.2, 0.25) is 0 Å². The number of aromatic nitrogens is 1. The van der Waals surface area contributed by atoms with Crippen molar-refractivity contribution >= 4 is 55.7 Å². The number of ether oxygens (including phenoxy) is 3. The number of Topliss-reactive ketones (excluding diaryl/α,β-unsaturated/α-hetero) is 1. The summed E-state index contributed by atoms with van der Waals surface area (Å²) in [5.74, 6) is -0.268. The fourth-order valence-corrected chi connectivity index (χ4v) is 6.12. The Labute approximate surface area is 253 Å². The summed E-state index contributed by atoms with van der Waals surface area (Å²) in [6.07, 6.45) is 3.04. The van der Waals surface area contributed by atoms with E-state index in [-0.39, 0.29) is 11.3 Å². The van der Waals surface area contributed by atoms with Gasteiger partial charge >= 0.3 is 5.91 Å². The average molecular weight is 607 g/mol. The number of amides is 1. The minimum absolute atomic E-state index is 0.0542. The van der Waals surface area contributed by atoms with E-state index in [0.29, 0.717) is 57.3 Å². The summed E-state index contributed by atoms with van der Waals surface area (Å²) >= 11 is 7.44. The lowest BCUT2D eigenvalue weighted by atomic mass is 9.95. The van der Waals surface area contributed by atoms with E-state index < -0.39 is 17.7 Å². The van der Waals surface area contributed by atoms with E-state index in [9.17, 15) is 14.7 Å². The van der Waals surface area contributed by atoms with Crippen LogP contribution in [0.2, 0.25) is 5.02 Å². The van der Waals surface area contributed by atoms with Crippen LogP contribution in [-0.2, 0) is 9.59 Å². The summed E-state index contributed by atoms with van der Waals surface area (Å²) < 4.78 is 17.9. The van der Waals surface area contributed by atoms with Crippen molar-refractivity contribution in [3.8, 4) is 17.2 Å². The van der Waals surface area contributed by atoms with E-state index in [1.165, 1.54) is 16.2 Å². The standard InChI is InChI=1S/C32H31ClN2O6S/c1-4-6-7-16-41-24-15-10-20(17-25(24)40-5-2)28-27(29(36)19-8-12-22(39-3)13-9-19)30(37)31(38)35(28)32-34-23-14-11-21(33)18-26(23)42-32/h8-15,17-18,28,36H,4-7,16H2,1-3H3/b29-27+. The number of benzene rings is 3. The number of unbranched alkanes of at least 4 members (excludes halogenated alkanes) is 2. The maximum Gasteiger partial charge on any atom is 0.301 e. The van der Waals surface area contributed by atoms with Gasteiger partial charge in [0, 0.05) is 10.6 Å². The molecule has 3 aromatic carbocycles. The van der Waals surface area contributed by atoms with Crippen LogP contribution in [-0.4, -0.2) is 42.1 Å². The number of fused-ring (bicyclic) bond motifs is 1. The molecule has 8 nitrogen and oxygen atoms in total. The molecule has 5 rings (SSSR count). The normalized spacial score (nSPS) is 16.3. The highest BCUT2D eigenvalue weighted by Gasteiger charge is 2.48. The smallest absolute Gasteiger partial charge is 0.301 e. The largest absolute Gasteiger partial charge is 0.507 e. The predicted octanol–water partition coefficient (Wildman–Crippen LogP) is 7.55. The Kier molecular flexibility index (Phi) is 8.99. The molecule has 1 aliphatic rings. The number of ketones is 1. The lowest BCUT2D eigenvalue weighted by molar-refractivity contribution is -0.132. The SMILES string of the molecule is CCCCCOc1ccc(C2/C(=C(\O)c3ccc(OC)cc3)C(=O)C(=O)N2c2nc3ccc(Cl)cc3s2)cc1OCC. The van der Waals surface area contributed by atoms with Crippen LogP contribution in [0.3, 0.4) is 0 Å². The number of halogens is 1. The third-order valence-corrected chi connectivity index (χ3v) is 8.19. The van der Waals surface area contributed by atoms with Crippen molar-refractivity contribution in [2.45, 2.75) is 39.2 Å². The van der Waals surface area contributed by atoms with Gasteiger partial charge in [0.05, 0.1) is 42.2 Å². The van der Waals surface area contributed by atoms with E-state index in [1.807, 2.05) is 6.92 Å². The molecule has 1 unspecified atom stereocenters. The second-order valence-corrected chi connectivity index (χ2v) is 11.1. The molecule has 1 aromatic heterocycles. The molecule has 0 spiro atoms. The van der Waals surface area contributed by atoms with Crippen molar-refractivity contribution in [1.82, 2.24) is 4.98 Å². The van der Waals surface area contributed by atoms with Crippen molar-refractivity contribution < 1.29 is 28.9 Å². The average Bonchev–Trinajstić information content (AvgIpc) is 3.53. The Morgan fingerprint density at radius 3 is 2.50 bits per heavy atom. The third kappa shape index (κ3) is 5.80. The number of carbonyl (C=O) groups is 2. The lowest BCUT2D eigenvalue weighted by Crippen LogP contribution is -2.29. The van der Waals surface area contributed by atoms with Crippen molar-refractivity contribution in [3.63, 3.8) is 0 Å². The molecule has 0 radical (unpaired) electrons. The van der Waals surface area contributed by atoms with Crippen LogP contribution in [0.5, 0.6) is 17.2 Å². The Balaban J connectivity index is 1.66. The van der Waals surface area contributed by atoms with E-state index in [2.05, 4.69) is 11.9 Å². The fourth-order valence-electron chi connectivity index (χ4n) is 4.86. The van der Waals surface area contributed by atoms with Crippen LogP contribution in [0.1, 0.15) is 50.3 Å². The van der Waals surface area contributed by atoms with E-state index in [1.54, 1.807) is 67.8 Å². The van der Waals surface area contributed by atoms with E-state index >= 15 is 0 Å². The first-order valence-corrected chi connectivity index (χ1v) is 15.0. The van der Waals surface area contributed by atoms with Crippen LogP contribution in [0.15, 0.2) is 66.2 Å². The number of hydrogen-bond donors (Lipinski definition) is 1. The van der Waals surface area contributed by atoms with Gasteiger partial charge in [-0.05, 0) is 73.5 Å². The number of aliphatic hydroxyl groups is 1. The molecule has 218 valence electrons. The molecule has 1 N–H and O–H groups in total. The van der Waals surface area contributed by atoms with E-state index in [4.69, 9.17) is 25.8 Å². The first kappa shape index (κ1) is 29.4. The molecule has 42 heavy (non-hydrogen) atoms. The maximum absolute atomic E-state index is 13.7. The van der Waals surface area contributed by atoms with Gasteiger partial charge in [0.25, 0.3) is 5.78 Å². The first-order chi connectivity index (χ1) is 20.4. The van der Waals surface area contributed by atoms with Crippen molar-refractivity contribution in [1.29, 1.82) is 0 Å². The summed E-state index contributed by atoms with van der Waals surface area (Å²) in [4.78, 5) is 33.3. The van der Waals surface area contributed by atoms with Crippen LogP contribution in [0, 0.1) is 0 Å². The van der Waals surface area contributed by atoms with E-state index in [0.717, 1.165) is 24.0 Å². The number of carbonyl (C=O) groups excluding carboxylic acids is 2. The third-order valence-electron chi connectivity index (χ3n) is 6.94. The molecule has 0 aliphatic carbocycles. The van der Waals surface area contributed by atoms with Crippen molar-refractivity contribution in [2.24, 2.45) is 0 Å². The Hall–Kier alpha value is -4.08. The van der Waals surface area contributed by atoms with Crippen molar-refractivity contribution in [3.05, 3.63) is 82.4 Å². The highest BCUT2D eigenvalue weighted by molar-refractivity contribution is 7.22. The first-order valence-electron chi connectivity index (χ1n) is 13.8. The number of aliphatic hydroxyl groups excluding tert-OH is 1. The molecule has 1 aliphatic heterocycles. The quantitative estimate of drug-likeness (QED) is 0.0814. The molecule has 1 saturated heterocycles. The number of methoxy groups -OCH3 is 1. The van der Waals surface area contributed by atoms with Gasteiger partial charge in [-0.2, -0.15) is 0 Å². The number of thiazole rings is 1. The van der Waals surface area contributed by atoms with Crippen LogP contribution >= 0.6 is 22.9 Å². The Bertz CT molecular complexity index is 1650. The Morgan fingerprint density at radius 2 is 1.79 bits per heavy atom. The molecule has 10 heteroatoms. The molecule has 1 atom stereocenters.